The topological polar surface area (TPSA) is 40.8 Å². The normalized spacial score (nSPS) is 19.3. The van der Waals surface area contributed by atoms with Gasteiger partial charge in [0, 0.05) is 55.7 Å². The number of hydrogen-bond acceptors (Lipinski definition) is 2. The number of imidazole rings is 1. The molecule has 14 aromatic rings. The summed E-state index contributed by atoms with van der Waals surface area (Å²) in [6.45, 7) is -10.6. The maximum Gasteiger partial charge on any atom is 0.269 e. The minimum Gasteiger partial charge on any atom is -0.458 e. The third-order valence-corrected chi connectivity index (χ3v) is 16.6. The van der Waals surface area contributed by atoms with Crippen molar-refractivity contribution in [1.29, 1.82) is 0 Å². The molecule has 0 N–H and O–H groups in total. The van der Waals surface area contributed by atoms with E-state index in [0.29, 0.717) is 50.8 Å². The van der Waals surface area contributed by atoms with Crippen LogP contribution in [0.3, 0.4) is 0 Å². The highest BCUT2D eigenvalue weighted by Gasteiger charge is 2.37. The van der Waals surface area contributed by atoms with E-state index >= 15 is 0 Å². The van der Waals surface area contributed by atoms with Crippen LogP contribution in [0.4, 0.5) is 0 Å². The Kier molecular flexibility index (Phi) is 7.43. The molecule has 0 saturated carbocycles. The lowest BCUT2D eigenvalue weighted by molar-refractivity contribution is -0.571. The lowest BCUT2D eigenvalue weighted by Gasteiger charge is -2.42. The average molecular weight is 1110 g/mol. The highest BCUT2D eigenvalue weighted by molar-refractivity contribution is 6.11. The number of rotatable bonds is 6. The Morgan fingerprint density at radius 1 is 0.524 bits per heavy atom. The van der Waals surface area contributed by atoms with Crippen LogP contribution in [-0.2, 0) is 16.2 Å². The number of fused-ring (bicyclic) bond motifs is 14. The third kappa shape index (κ3) is 7.69. The predicted molar refractivity (Wildman–Crippen MR) is 346 cm³/mol. The second-order valence-corrected chi connectivity index (χ2v) is 22.8. The van der Waals surface area contributed by atoms with Gasteiger partial charge in [0.15, 0.2) is 0 Å². The van der Waals surface area contributed by atoms with E-state index in [1.165, 1.54) is 6.07 Å². The van der Waals surface area contributed by atoms with Crippen LogP contribution in [0.15, 0.2) is 231 Å². The van der Waals surface area contributed by atoms with E-state index in [4.69, 9.17) is 26.2 Å². The molecule has 0 saturated heterocycles. The number of pyridine rings is 1. The highest BCUT2D eigenvalue weighted by atomic mass is 16.5. The third-order valence-electron chi connectivity index (χ3n) is 16.6. The largest absolute Gasteiger partial charge is 0.458 e. The predicted octanol–water partition coefficient (Wildman–Crippen LogP) is 19.7. The first-order valence-electron chi connectivity index (χ1n) is 37.4. The van der Waals surface area contributed by atoms with Gasteiger partial charge in [-0.3, -0.25) is 13.7 Å². The summed E-state index contributed by atoms with van der Waals surface area (Å²) >= 11 is 0. The zero-order chi connectivity index (χ0) is 73.0. The molecular formula is C78H63N5O. The fourth-order valence-corrected chi connectivity index (χ4v) is 12.7. The van der Waals surface area contributed by atoms with Crippen LogP contribution >= 0.6 is 0 Å². The summed E-state index contributed by atoms with van der Waals surface area (Å²) in [5.74, 6) is 1.55. The minimum atomic E-state index is -4.53. The van der Waals surface area contributed by atoms with Gasteiger partial charge in [-0.15, -0.1) is 0 Å². The van der Waals surface area contributed by atoms with Crippen molar-refractivity contribution in [3.8, 4) is 78.9 Å². The summed E-state index contributed by atoms with van der Waals surface area (Å²) in [6, 6.07) is 62.1. The summed E-state index contributed by atoms with van der Waals surface area (Å²) in [5, 5.41) is 3.93. The van der Waals surface area contributed by atoms with Crippen LogP contribution in [0.5, 0.6) is 11.5 Å². The monoisotopic (exact) mass is 1100 g/mol. The van der Waals surface area contributed by atoms with Crippen molar-refractivity contribution < 1.29 is 35.3 Å². The summed E-state index contributed by atoms with van der Waals surface area (Å²) < 4.78 is 193. The zero-order valence-electron chi connectivity index (χ0n) is 64.9. The molecule has 4 aromatic heterocycles. The summed E-state index contributed by atoms with van der Waals surface area (Å²) in [4.78, 5) is 4.89. The molecule has 0 bridgehead atoms. The number of benzene rings is 10. The number of ether oxygens (including phenoxy) is 1. The molecule has 6 heteroatoms. The number of hydrogen-bond donors (Lipinski definition) is 0. The molecule has 1 aliphatic heterocycles. The Morgan fingerprint density at radius 3 is 1.79 bits per heavy atom. The molecule has 406 valence electrons. The minimum absolute atomic E-state index is 0.180. The molecule has 0 spiro atoms. The molecule has 0 unspecified atom stereocenters. The van der Waals surface area contributed by atoms with Crippen LogP contribution in [0.1, 0.15) is 104 Å². The van der Waals surface area contributed by atoms with Gasteiger partial charge in [-0.05, 0) is 163 Å². The van der Waals surface area contributed by atoms with Crippen molar-refractivity contribution in [2.45, 2.75) is 77.2 Å². The average Bonchev–Trinajstić information content (AvgIpc) is 1.32. The zero-order valence-corrected chi connectivity index (χ0v) is 45.9. The molecule has 0 atom stereocenters. The first kappa shape index (κ1) is 34.0. The van der Waals surface area contributed by atoms with E-state index in [9.17, 15) is 9.60 Å². The van der Waals surface area contributed by atoms with Crippen LogP contribution < -0.4 is 9.30 Å². The van der Waals surface area contributed by atoms with E-state index < -0.39 is 85.8 Å². The Labute approximate surface area is 516 Å². The maximum atomic E-state index is 10.5. The molecule has 0 fully saturated rings. The van der Waals surface area contributed by atoms with Gasteiger partial charge in [-0.2, -0.15) is 0 Å². The molecule has 84 heavy (non-hydrogen) atoms. The van der Waals surface area contributed by atoms with Crippen molar-refractivity contribution in [1.82, 2.24) is 18.7 Å². The van der Waals surface area contributed by atoms with E-state index in [-0.39, 0.29) is 16.5 Å². The number of aromatic nitrogens is 5. The quantitative estimate of drug-likeness (QED) is 0.123. The van der Waals surface area contributed by atoms with Crippen LogP contribution in [0.2, 0.25) is 0 Å². The smallest absolute Gasteiger partial charge is 0.269 e. The lowest BCUT2D eigenvalue weighted by Crippen LogP contribution is -2.33. The van der Waals surface area contributed by atoms with Gasteiger partial charge in [-0.1, -0.05) is 194 Å². The van der Waals surface area contributed by atoms with E-state index in [1.807, 2.05) is 144 Å². The van der Waals surface area contributed by atoms with Crippen LogP contribution in [0, 0.1) is 6.33 Å². The van der Waals surface area contributed by atoms with E-state index in [0.717, 1.165) is 71.7 Å². The van der Waals surface area contributed by atoms with Gasteiger partial charge in [0.2, 0.25) is 0 Å². The van der Waals surface area contributed by atoms with Crippen molar-refractivity contribution in [2.24, 2.45) is 0 Å². The van der Waals surface area contributed by atoms with Crippen molar-refractivity contribution in [3.63, 3.8) is 0 Å². The molecule has 10 aromatic carbocycles. The van der Waals surface area contributed by atoms with Gasteiger partial charge in [0.05, 0.1) is 54.3 Å². The van der Waals surface area contributed by atoms with Gasteiger partial charge in [-0.25, -0.2) is 4.98 Å². The first-order valence-corrected chi connectivity index (χ1v) is 27.9. The summed E-state index contributed by atoms with van der Waals surface area (Å²) in [7, 11) is 0. The van der Waals surface area contributed by atoms with Crippen molar-refractivity contribution in [3.05, 3.63) is 254 Å². The second-order valence-electron chi connectivity index (χ2n) is 22.8. The van der Waals surface area contributed by atoms with E-state index in [2.05, 4.69) is 78.7 Å². The van der Waals surface area contributed by atoms with Crippen molar-refractivity contribution >= 4 is 54.6 Å². The highest BCUT2D eigenvalue weighted by Crippen LogP contribution is 2.50. The van der Waals surface area contributed by atoms with Crippen LogP contribution in [-0.4, -0.2) is 18.7 Å². The fourth-order valence-electron chi connectivity index (χ4n) is 12.7. The Morgan fingerprint density at radius 2 is 1.11 bits per heavy atom. The molecule has 2 aliphatic rings. The van der Waals surface area contributed by atoms with E-state index in [1.54, 1.807) is 28.8 Å². The number of para-hydroxylation sites is 4. The van der Waals surface area contributed by atoms with Crippen molar-refractivity contribution in [2.75, 3.05) is 0 Å². The standard InChI is InChI=1S/C78H63N5O/c1-76(2,3)51-38-41-79-73(45-51)83-69-32-17-14-28-61(69)62-36-35-54(47-71(62)83)84-53-21-18-20-52(46-53)80-48-81-74-63(29-19-33-70(74)82-67-30-15-12-26-59(67)60-27-13-16-31-68(60)82)57-24-10-8-22-55(57)56-23-9-11-25-58(56)64-42-50(44-72(80)75(64)81)49-34-37-65-66(43-49)78(6,7)40-39-77(65,4)5/h8-38,41-47H,39-40H2,1-7H3/i4D3,5D3,6D3,7D3,34D,37D,39D2,40D2,43D. The molecular weight excluding hydrogens is 1020 g/mol. The summed E-state index contributed by atoms with van der Waals surface area (Å²) in [5.41, 5.74) is -1.81. The Balaban J connectivity index is 1.03. The molecule has 0 amide bonds. The molecule has 5 heterocycles. The lowest BCUT2D eigenvalue weighted by atomic mass is 9.63. The van der Waals surface area contributed by atoms with Gasteiger partial charge < -0.3 is 9.30 Å². The molecule has 16 rings (SSSR count). The first-order chi connectivity index (χ1) is 48.6. The molecule has 1 aliphatic carbocycles. The Hall–Kier alpha value is -9.78. The molecule has 6 nitrogen and oxygen atoms in total. The van der Waals surface area contributed by atoms with Gasteiger partial charge in [0.1, 0.15) is 17.3 Å². The SMILES string of the molecule is [2H]c1c([2H])c2c(c([2H])c1-c1cc3c4c(c1)n(-c1cccc(Oc5ccc6c7ccccc7n(-c7cc(C(C)(C)C)ccn7)c6c5)c1)[c-][n+]4-c1c(cccc1-n1c4ccccc4c4ccccc41)-c1ccccc1-c1ccccc1-3)C(C([2H])([2H])[2H])(C([2H])([2H])[2H])C([2H])([2H])C([2H])([2H])C2(C([2H])([2H])[2H])C([2H])([2H])[2H]. The number of nitrogens with zero attached hydrogens (tertiary/aromatic N) is 5. The second kappa shape index (κ2) is 18.4. The van der Waals surface area contributed by atoms with Crippen LogP contribution in [0.25, 0.3) is 122 Å². The fraction of sp³-hybridized carbons (Fsp3) is 0.154. The maximum absolute atomic E-state index is 10.5. The van der Waals surface area contributed by atoms with Gasteiger partial charge in [0.25, 0.3) is 6.33 Å². The summed E-state index contributed by atoms with van der Waals surface area (Å²) in [6.07, 6.45) is -3.46. The molecule has 0 radical (unpaired) electrons. The Bertz CT molecular complexity index is 5840. The van der Waals surface area contributed by atoms with Gasteiger partial charge >= 0.3 is 0 Å².